The van der Waals surface area contributed by atoms with Gasteiger partial charge in [0.1, 0.15) is 0 Å². The van der Waals surface area contributed by atoms with Crippen LogP contribution in [0.1, 0.15) is 41.3 Å². The fraction of sp³-hybridized carbons (Fsp3) is 0.273. The normalized spacial score (nSPS) is 14.2. The van der Waals surface area contributed by atoms with E-state index in [1.165, 1.54) is 10.9 Å². The molecule has 0 aliphatic heterocycles. The van der Waals surface area contributed by atoms with Crippen LogP contribution in [0.25, 0.3) is 16.9 Å². The van der Waals surface area contributed by atoms with Crippen LogP contribution >= 0.6 is 0 Å². The van der Waals surface area contributed by atoms with Gasteiger partial charge in [-0.05, 0) is 68.0 Å². The van der Waals surface area contributed by atoms with Gasteiger partial charge in [-0.1, -0.05) is 6.07 Å². The van der Waals surface area contributed by atoms with Gasteiger partial charge in [0.05, 0.1) is 22.8 Å². The number of aryl methyl sites for hydroxylation is 1. The number of amides is 1. The van der Waals surface area contributed by atoms with Crippen molar-refractivity contribution in [2.24, 2.45) is 5.92 Å². The fourth-order valence-electron chi connectivity index (χ4n) is 3.43. The lowest BCUT2D eigenvalue weighted by atomic mass is 10.0. The molecule has 2 heterocycles. The van der Waals surface area contributed by atoms with E-state index in [2.05, 4.69) is 21.5 Å². The first-order valence-corrected chi connectivity index (χ1v) is 9.57. The molecule has 1 aliphatic carbocycles. The van der Waals surface area contributed by atoms with Gasteiger partial charge in [-0.3, -0.25) is 14.7 Å². The second-order valence-electron chi connectivity index (χ2n) is 7.47. The summed E-state index contributed by atoms with van der Waals surface area (Å²) >= 11 is 0. The van der Waals surface area contributed by atoms with Crippen LogP contribution in [0.15, 0.2) is 47.5 Å². The molecule has 0 bridgehead atoms. The van der Waals surface area contributed by atoms with Crippen LogP contribution < -0.4 is 10.9 Å². The number of nitrogens with zero attached hydrogens (tertiary/aromatic N) is 3. The third kappa shape index (κ3) is 3.69. The monoisotopic (exact) mass is 387 g/mol. The number of carbonyl (C=O) groups is 1. The largest absolute Gasteiger partial charge is 0.349 e. The van der Waals surface area contributed by atoms with E-state index in [4.69, 9.17) is 5.26 Å². The minimum absolute atomic E-state index is 0.156. The van der Waals surface area contributed by atoms with Crippen molar-refractivity contribution in [3.05, 3.63) is 69.8 Å². The van der Waals surface area contributed by atoms with Crippen LogP contribution in [0.2, 0.25) is 0 Å². The van der Waals surface area contributed by atoms with Gasteiger partial charge in [0.15, 0.2) is 5.82 Å². The summed E-state index contributed by atoms with van der Waals surface area (Å²) < 4.78 is 1.33. The average Bonchev–Trinajstić information content (AvgIpc) is 3.51. The lowest BCUT2D eigenvalue weighted by molar-refractivity contribution is 0.0935. The van der Waals surface area contributed by atoms with E-state index in [0.29, 0.717) is 28.4 Å². The highest BCUT2D eigenvalue weighted by molar-refractivity contribution is 5.94. The van der Waals surface area contributed by atoms with Gasteiger partial charge < -0.3 is 5.32 Å². The zero-order chi connectivity index (χ0) is 20.5. The van der Waals surface area contributed by atoms with Crippen LogP contribution in [-0.4, -0.2) is 26.7 Å². The molecule has 0 radical (unpaired) electrons. The third-order valence-electron chi connectivity index (χ3n) is 5.34. The maximum Gasteiger partial charge on any atom is 0.280 e. The number of benzene rings is 1. The number of aromatic amines is 1. The highest BCUT2D eigenvalue weighted by atomic mass is 16.2. The van der Waals surface area contributed by atoms with Crippen LogP contribution in [0.4, 0.5) is 0 Å². The first-order chi connectivity index (χ1) is 14.0. The lowest BCUT2D eigenvalue weighted by Gasteiger charge is -2.12. The van der Waals surface area contributed by atoms with Gasteiger partial charge >= 0.3 is 0 Å². The Labute approximate surface area is 168 Å². The molecule has 0 unspecified atom stereocenters. The summed E-state index contributed by atoms with van der Waals surface area (Å²) in [5.74, 6) is 0.822. The standard InChI is InChI=1S/C22H21N5O2/c1-13-9-15(10-23)3-7-18(13)19-12-25-27(22(19)29)20-8-6-17(11-24-20)21(28)26-14(2)16-4-5-16/h3,6-9,11-12,14,16,25H,4-5H2,1-2H3,(H,26,28)/t14-/m0/s1. The Kier molecular flexibility index (Phi) is 4.77. The van der Waals surface area contributed by atoms with Gasteiger partial charge in [-0.2, -0.15) is 5.26 Å². The van der Waals surface area contributed by atoms with Gasteiger partial charge in [0, 0.05) is 18.4 Å². The zero-order valence-electron chi connectivity index (χ0n) is 16.3. The van der Waals surface area contributed by atoms with Gasteiger partial charge in [0.2, 0.25) is 0 Å². The second kappa shape index (κ2) is 7.40. The fourth-order valence-corrected chi connectivity index (χ4v) is 3.43. The second-order valence-corrected chi connectivity index (χ2v) is 7.47. The van der Waals surface area contributed by atoms with Crippen molar-refractivity contribution in [1.29, 1.82) is 5.26 Å². The van der Waals surface area contributed by atoms with Crippen molar-refractivity contribution in [1.82, 2.24) is 20.1 Å². The minimum atomic E-state index is -0.245. The van der Waals surface area contributed by atoms with Crippen LogP contribution in [-0.2, 0) is 0 Å². The van der Waals surface area contributed by atoms with E-state index in [0.717, 1.165) is 24.0 Å². The van der Waals surface area contributed by atoms with E-state index < -0.39 is 0 Å². The highest BCUT2D eigenvalue weighted by Gasteiger charge is 2.29. The molecule has 1 fully saturated rings. The molecule has 3 aromatic rings. The van der Waals surface area contributed by atoms with E-state index in [-0.39, 0.29) is 17.5 Å². The highest BCUT2D eigenvalue weighted by Crippen LogP contribution is 2.32. The molecule has 1 saturated carbocycles. The number of rotatable bonds is 5. The van der Waals surface area contributed by atoms with Crippen molar-refractivity contribution in [3.63, 3.8) is 0 Å². The summed E-state index contributed by atoms with van der Waals surface area (Å²) in [5, 5.41) is 14.9. The predicted molar refractivity (Wildman–Crippen MR) is 109 cm³/mol. The summed E-state index contributed by atoms with van der Waals surface area (Å²) in [5.41, 5.74) is 2.86. The Balaban J connectivity index is 1.57. The zero-order valence-corrected chi connectivity index (χ0v) is 16.3. The summed E-state index contributed by atoms with van der Waals surface area (Å²) in [6, 6.07) is 10.8. The Morgan fingerprint density at radius 2 is 2.10 bits per heavy atom. The van der Waals surface area contributed by atoms with E-state index >= 15 is 0 Å². The van der Waals surface area contributed by atoms with Crippen LogP contribution in [0.3, 0.4) is 0 Å². The molecule has 2 aromatic heterocycles. The molecule has 1 atom stereocenters. The minimum Gasteiger partial charge on any atom is -0.349 e. The molecule has 7 nitrogen and oxygen atoms in total. The Bertz CT molecular complexity index is 1160. The summed E-state index contributed by atoms with van der Waals surface area (Å²) in [6.07, 6.45) is 5.42. The molecule has 7 heteroatoms. The van der Waals surface area contributed by atoms with Crippen molar-refractivity contribution >= 4 is 5.91 Å². The molecule has 4 rings (SSSR count). The number of nitriles is 1. The first-order valence-electron chi connectivity index (χ1n) is 9.57. The van der Waals surface area contributed by atoms with Gasteiger partial charge in [-0.15, -0.1) is 0 Å². The number of carbonyl (C=O) groups excluding carboxylic acids is 1. The number of nitrogens with one attached hydrogen (secondary N) is 2. The quantitative estimate of drug-likeness (QED) is 0.702. The number of H-pyrrole nitrogens is 1. The molecule has 1 amide bonds. The smallest absolute Gasteiger partial charge is 0.280 e. The van der Waals surface area contributed by atoms with Crippen molar-refractivity contribution in [3.8, 4) is 23.0 Å². The van der Waals surface area contributed by atoms with Crippen molar-refractivity contribution < 1.29 is 4.79 Å². The van der Waals surface area contributed by atoms with Crippen molar-refractivity contribution in [2.75, 3.05) is 0 Å². The Morgan fingerprint density at radius 1 is 1.31 bits per heavy atom. The topological polar surface area (TPSA) is 104 Å². The molecule has 146 valence electrons. The molecule has 0 spiro atoms. The van der Waals surface area contributed by atoms with Crippen LogP contribution in [0.5, 0.6) is 0 Å². The van der Waals surface area contributed by atoms with E-state index in [1.807, 2.05) is 13.8 Å². The molecular weight excluding hydrogens is 366 g/mol. The molecule has 0 saturated heterocycles. The Hall–Kier alpha value is -3.66. The number of pyridine rings is 1. The molecular formula is C22H21N5O2. The van der Waals surface area contributed by atoms with Crippen molar-refractivity contribution in [2.45, 2.75) is 32.7 Å². The molecule has 2 N–H and O–H groups in total. The van der Waals surface area contributed by atoms with E-state index in [1.54, 1.807) is 36.5 Å². The van der Waals surface area contributed by atoms with E-state index in [9.17, 15) is 9.59 Å². The molecule has 1 aromatic carbocycles. The SMILES string of the molecule is Cc1cc(C#N)ccc1-c1c[nH]n(-c2ccc(C(=O)N[C@@H](C)C3CC3)cn2)c1=O. The summed E-state index contributed by atoms with van der Waals surface area (Å²) in [7, 11) is 0. The maximum absolute atomic E-state index is 12.9. The maximum atomic E-state index is 12.9. The summed E-state index contributed by atoms with van der Waals surface area (Å²) in [4.78, 5) is 29.5. The van der Waals surface area contributed by atoms with Gasteiger partial charge in [-0.25, -0.2) is 9.67 Å². The Morgan fingerprint density at radius 3 is 2.72 bits per heavy atom. The van der Waals surface area contributed by atoms with Crippen LogP contribution in [0, 0.1) is 24.2 Å². The number of aromatic nitrogens is 3. The lowest BCUT2D eigenvalue weighted by Crippen LogP contribution is -2.34. The molecule has 29 heavy (non-hydrogen) atoms. The first kappa shape index (κ1) is 18.7. The third-order valence-corrected chi connectivity index (χ3v) is 5.34. The average molecular weight is 387 g/mol. The number of hydrogen-bond donors (Lipinski definition) is 2. The molecule has 1 aliphatic rings. The van der Waals surface area contributed by atoms with Gasteiger partial charge in [0.25, 0.3) is 11.5 Å². The summed E-state index contributed by atoms with van der Waals surface area (Å²) in [6.45, 7) is 3.88. The predicted octanol–water partition coefficient (Wildman–Crippen LogP) is 2.94. The number of hydrogen-bond acceptors (Lipinski definition) is 4.